The molecule has 1 amide bonds. The van der Waals surface area contributed by atoms with Crippen molar-refractivity contribution in [2.24, 2.45) is 0 Å². The molecular weight excluding hydrogens is 325 g/mol. The van der Waals surface area contributed by atoms with Crippen molar-refractivity contribution in [3.8, 4) is 5.75 Å². The van der Waals surface area contributed by atoms with Gasteiger partial charge in [-0.2, -0.15) is 0 Å². The standard InChI is InChI=1S/C19H18FNO4/c1-13(19(23)21-17-9-4-3-8-16(17)20)25-18(22)11-10-14-6-5-7-15(12-14)24-2/h3-13H,1-2H3,(H,21,23)/b11-10+/t13-/m0/s1. The van der Waals surface area contributed by atoms with Crippen LogP contribution in [0.2, 0.25) is 0 Å². The Bertz CT molecular complexity index is 788. The lowest BCUT2D eigenvalue weighted by atomic mass is 10.2. The van der Waals surface area contributed by atoms with Crippen LogP contribution >= 0.6 is 0 Å². The number of amides is 1. The van der Waals surface area contributed by atoms with E-state index in [0.717, 1.165) is 5.56 Å². The predicted octanol–water partition coefficient (Wildman–Crippen LogP) is 3.42. The average Bonchev–Trinajstić information content (AvgIpc) is 2.62. The number of esters is 1. The van der Waals surface area contributed by atoms with Gasteiger partial charge in [-0.3, -0.25) is 4.79 Å². The number of ether oxygens (including phenoxy) is 2. The maximum atomic E-state index is 13.5. The fourth-order valence-corrected chi connectivity index (χ4v) is 1.97. The summed E-state index contributed by atoms with van der Waals surface area (Å²) in [4.78, 5) is 23.8. The second-order valence-corrected chi connectivity index (χ2v) is 5.16. The van der Waals surface area contributed by atoms with E-state index in [-0.39, 0.29) is 5.69 Å². The van der Waals surface area contributed by atoms with Crippen LogP contribution in [0.25, 0.3) is 6.08 Å². The van der Waals surface area contributed by atoms with Gasteiger partial charge in [-0.1, -0.05) is 24.3 Å². The van der Waals surface area contributed by atoms with Gasteiger partial charge < -0.3 is 14.8 Å². The largest absolute Gasteiger partial charge is 0.497 e. The van der Waals surface area contributed by atoms with Crippen LogP contribution in [0.4, 0.5) is 10.1 Å². The van der Waals surface area contributed by atoms with E-state index in [2.05, 4.69) is 5.32 Å². The Hall–Kier alpha value is -3.15. The lowest BCUT2D eigenvalue weighted by molar-refractivity contribution is -0.148. The third-order valence-electron chi connectivity index (χ3n) is 3.30. The van der Waals surface area contributed by atoms with Crippen LogP contribution in [0, 0.1) is 5.82 Å². The van der Waals surface area contributed by atoms with Crippen molar-refractivity contribution in [1.82, 2.24) is 0 Å². The van der Waals surface area contributed by atoms with Crippen LogP contribution in [-0.2, 0) is 14.3 Å². The molecule has 1 atom stereocenters. The number of hydrogen-bond donors (Lipinski definition) is 1. The van der Waals surface area contributed by atoms with Crippen molar-refractivity contribution in [3.63, 3.8) is 0 Å². The van der Waals surface area contributed by atoms with Gasteiger partial charge in [-0.25, -0.2) is 9.18 Å². The summed E-state index contributed by atoms with van der Waals surface area (Å²) in [6.07, 6.45) is 1.69. The Kier molecular flexibility index (Phi) is 6.28. The number of methoxy groups -OCH3 is 1. The zero-order valence-electron chi connectivity index (χ0n) is 13.9. The van der Waals surface area contributed by atoms with Crippen LogP contribution in [0.5, 0.6) is 5.75 Å². The molecular formula is C19H18FNO4. The van der Waals surface area contributed by atoms with Crippen LogP contribution in [-0.4, -0.2) is 25.1 Å². The van der Waals surface area contributed by atoms with E-state index in [1.54, 1.807) is 43.5 Å². The Labute approximate surface area is 145 Å². The summed E-state index contributed by atoms with van der Waals surface area (Å²) in [7, 11) is 1.55. The zero-order valence-corrected chi connectivity index (χ0v) is 13.9. The third kappa shape index (κ3) is 5.46. The summed E-state index contributed by atoms with van der Waals surface area (Å²) < 4.78 is 23.6. The van der Waals surface area contributed by atoms with Gasteiger partial charge in [-0.15, -0.1) is 0 Å². The van der Waals surface area contributed by atoms with Crippen molar-refractivity contribution in [1.29, 1.82) is 0 Å². The molecule has 2 aromatic carbocycles. The fourth-order valence-electron chi connectivity index (χ4n) is 1.97. The number of nitrogens with one attached hydrogen (secondary N) is 1. The zero-order chi connectivity index (χ0) is 18.2. The number of para-hydroxylation sites is 1. The summed E-state index contributed by atoms with van der Waals surface area (Å²) in [5.41, 5.74) is 0.780. The lowest BCUT2D eigenvalue weighted by Crippen LogP contribution is -2.29. The predicted molar refractivity (Wildman–Crippen MR) is 92.6 cm³/mol. The first-order valence-corrected chi connectivity index (χ1v) is 7.57. The summed E-state index contributed by atoms with van der Waals surface area (Å²) in [6, 6.07) is 12.9. The molecule has 130 valence electrons. The van der Waals surface area contributed by atoms with Crippen LogP contribution in [0.1, 0.15) is 12.5 Å². The Morgan fingerprint density at radius 3 is 2.64 bits per heavy atom. The number of carbonyl (C=O) groups is 2. The number of rotatable bonds is 6. The van der Waals surface area contributed by atoms with E-state index >= 15 is 0 Å². The smallest absolute Gasteiger partial charge is 0.331 e. The molecule has 0 heterocycles. The second-order valence-electron chi connectivity index (χ2n) is 5.16. The van der Waals surface area contributed by atoms with Gasteiger partial charge >= 0.3 is 5.97 Å². The number of benzene rings is 2. The van der Waals surface area contributed by atoms with Gasteiger partial charge in [-0.05, 0) is 42.8 Å². The molecule has 0 aliphatic rings. The van der Waals surface area contributed by atoms with Gasteiger partial charge in [0.2, 0.25) is 0 Å². The molecule has 0 aromatic heterocycles. The molecule has 0 aliphatic carbocycles. The van der Waals surface area contributed by atoms with E-state index in [9.17, 15) is 14.0 Å². The number of halogens is 1. The highest BCUT2D eigenvalue weighted by atomic mass is 19.1. The van der Waals surface area contributed by atoms with Crippen LogP contribution < -0.4 is 10.1 Å². The van der Waals surface area contributed by atoms with E-state index in [0.29, 0.717) is 5.75 Å². The number of anilines is 1. The van der Waals surface area contributed by atoms with E-state index in [1.165, 1.54) is 31.2 Å². The Balaban J connectivity index is 1.91. The summed E-state index contributed by atoms with van der Waals surface area (Å²) in [5, 5.41) is 2.37. The second kappa shape index (κ2) is 8.63. The molecule has 0 unspecified atom stereocenters. The molecule has 0 radical (unpaired) electrons. The average molecular weight is 343 g/mol. The molecule has 25 heavy (non-hydrogen) atoms. The van der Waals surface area contributed by atoms with Crippen molar-refractivity contribution in [3.05, 3.63) is 66.0 Å². The maximum absolute atomic E-state index is 13.5. The van der Waals surface area contributed by atoms with Crippen molar-refractivity contribution < 1.29 is 23.5 Å². The maximum Gasteiger partial charge on any atom is 0.331 e. The first kappa shape index (κ1) is 18.2. The van der Waals surface area contributed by atoms with Crippen LogP contribution in [0.3, 0.4) is 0 Å². The molecule has 0 saturated heterocycles. The first-order chi connectivity index (χ1) is 12.0. The summed E-state index contributed by atoms with van der Waals surface area (Å²) >= 11 is 0. The molecule has 0 spiro atoms. The minimum Gasteiger partial charge on any atom is -0.497 e. The highest BCUT2D eigenvalue weighted by Gasteiger charge is 2.17. The fraction of sp³-hybridized carbons (Fsp3) is 0.158. The lowest BCUT2D eigenvalue weighted by Gasteiger charge is -2.12. The van der Waals surface area contributed by atoms with Gasteiger partial charge in [0, 0.05) is 6.08 Å². The van der Waals surface area contributed by atoms with E-state index in [4.69, 9.17) is 9.47 Å². The van der Waals surface area contributed by atoms with Crippen molar-refractivity contribution in [2.75, 3.05) is 12.4 Å². The molecule has 6 heteroatoms. The molecule has 1 N–H and O–H groups in total. The topological polar surface area (TPSA) is 64.6 Å². The first-order valence-electron chi connectivity index (χ1n) is 7.57. The molecule has 0 aliphatic heterocycles. The van der Waals surface area contributed by atoms with Gasteiger partial charge in [0.15, 0.2) is 6.10 Å². The normalized spacial score (nSPS) is 11.8. The highest BCUT2D eigenvalue weighted by Crippen LogP contribution is 2.14. The SMILES string of the molecule is COc1cccc(/C=C/C(=O)O[C@@H](C)C(=O)Nc2ccccc2F)c1. The van der Waals surface area contributed by atoms with Crippen molar-refractivity contribution >= 4 is 23.6 Å². The Morgan fingerprint density at radius 2 is 1.92 bits per heavy atom. The minimum atomic E-state index is -1.07. The van der Waals surface area contributed by atoms with Crippen molar-refractivity contribution in [2.45, 2.75) is 13.0 Å². The summed E-state index contributed by atoms with van der Waals surface area (Å²) in [6.45, 7) is 1.41. The van der Waals surface area contributed by atoms with Gasteiger partial charge in [0.05, 0.1) is 12.8 Å². The highest BCUT2D eigenvalue weighted by molar-refractivity contribution is 5.96. The number of carbonyl (C=O) groups excluding carboxylic acids is 2. The number of hydrogen-bond acceptors (Lipinski definition) is 4. The third-order valence-corrected chi connectivity index (χ3v) is 3.30. The minimum absolute atomic E-state index is 0.0299. The summed E-state index contributed by atoms with van der Waals surface area (Å²) in [5.74, 6) is -1.20. The molecule has 0 fully saturated rings. The van der Waals surface area contributed by atoms with E-state index < -0.39 is 23.8 Å². The molecule has 0 bridgehead atoms. The van der Waals surface area contributed by atoms with Crippen LogP contribution in [0.15, 0.2) is 54.6 Å². The van der Waals surface area contributed by atoms with Gasteiger partial charge in [0.1, 0.15) is 11.6 Å². The molecule has 2 rings (SSSR count). The quantitative estimate of drug-likeness (QED) is 0.645. The van der Waals surface area contributed by atoms with E-state index in [1.807, 2.05) is 0 Å². The molecule has 0 saturated carbocycles. The Morgan fingerprint density at radius 1 is 1.16 bits per heavy atom. The molecule has 5 nitrogen and oxygen atoms in total. The van der Waals surface area contributed by atoms with Gasteiger partial charge in [0.25, 0.3) is 5.91 Å². The monoisotopic (exact) mass is 343 g/mol. The molecule has 2 aromatic rings.